The summed E-state index contributed by atoms with van der Waals surface area (Å²) in [6, 6.07) is 16.2. The monoisotopic (exact) mass is 410 g/mol. The van der Waals surface area contributed by atoms with Crippen molar-refractivity contribution in [3.8, 4) is 0 Å². The second kappa shape index (κ2) is 7.46. The Morgan fingerprint density at radius 3 is 2.66 bits per heavy atom. The van der Waals surface area contributed by atoms with Gasteiger partial charge in [-0.15, -0.1) is 0 Å². The van der Waals surface area contributed by atoms with E-state index in [4.69, 9.17) is 0 Å². The van der Waals surface area contributed by atoms with Crippen LogP contribution in [0.4, 0.5) is 5.82 Å². The van der Waals surface area contributed by atoms with Crippen LogP contribution in [-0.2, 0) is 21.2 Å². The third-order valence-corrected chi connectivity index (χ3v) is 7.11. The number of carbonyl (C=O) groups excluding carboxylic acids is 1. The summed E-state index contributed by atoms with van der Waals surface area (Å²) >= 11 is 0. The van der Waals surface area contributed by atoms with E-state index in [0.717, 1.165) is 11.1 Å². The van der Waals surface area contributed by atoms with Crippen LogP contribution in [0, 0.1) is 6.92 Å². The molecular formula is C21H22N4O3S. The van der Waals surface area contributed by atoms with Gasteiger partial charge < -0.3 is 5.32 Å². The summed E-state index contributed by atoms with van der Waals surface area (Å²) < 4.78 is 26.4. The molecule has 29 heavy (non-hydrogen) atoms. The van der Waals surface area contributed by atoms with Crippen LogP contribution in [0.3, 0.4) is 0 Å². The van der Waals surface area contributed by atoms with Crippen molar-refractivity contribution >= 4 is 21.6 Å². The zero-order chi connectivity index (χ0) is 20.6. The maximum atomic E-state index is 13.2. The quantitative estimate of drug-likeness (QED) is 0.600. The second-order valence-corrected chi connectivity index (χ2v) is 9.24. The fourth-order valence-electron chi connectivity index (χ4n) is 3.51. The Bertz CT molecular complexity index is 1160. The summed E-state index contributed by atoms with van der Waals surface area (Å²) in [4.78, 5) is 13.0. The highest BCUT2D eigenvalue weighted by Gasteiger charge is 2.39. The van der Waals surface area contributed by atoms with Crippen LogP contribution in [0.2, 0.25) is 0 Å². The van der Waals surface area contributed by atoms with Crippen molar-refractivity contribution in [2.45, 2.75) is 36.6 Å². The van der Waals surface area contributed by atoms with Crippen LogP contribution in [0.25, 0.3) is 0 Å². The van der Waals surface area contributed by atoms with Gasteiger partial charge in [0, 0.05) is 6.54 Å². The van der Waals surface area contributed by atoms with Crippen LogP contribution < -0.4 is 10.6 Å². The minimum Gasteiger partial charge on any atom is -0.308 e. The smallest absolute Gasteiger partial charge is 0.232 e. The largest absolute Gasteiger partial charge is 0.308 e. The van der Waals surface area contributed by atoms with Gasteiger partial charge in [-0.3, -0.25) is 15.2 Å². The molecule has 1 aliphatic rings. The highest BCUT2D eigenvalue weighted by molar-refractivity contribution is 7.91. The third kappa shape index (κ3) is 3.56. The Morgan fingerprint density at radius 2 is 1.93 bits per heavy atom. The Labute approximate surface area is 169 Å². The molecule has 0 spiro atoms. The Balaban J connectivity index is 1.63. The molecule has 3 aromatic rings. The van der Waals surface area contributed by atoms with Gasteiger partial charge in [0.1, 0.15) is 5.37 Å². The maximum absolute atomic E-state index is 13.2. The highest BCUT2D eigenvalue weighted by atomic mass is 32.2. The summed E-state index contributed by atoms with van der Waals surface area (Å²) in [7, 11) is -3.70. The van der Waals surface area contributed by atoms with Gasteiger partial charge in [-0.1, -0.05) is 42.5 Å². The minimum absolute atomic E-state index is 0.235. The molecule has 2 heterocycles. The fraction of sp³-hybridized carbons (Fsp3) is 0.238. The topological polar surface area (TPSA) is 104 Å². The highest BCUT2D eigenvalue weighted by Crippen LogP contribution is 2.37. The summed E-state index contributed by atoms with van der Waals surface area (Å²) in [5, 5.41) is 11.9. The molecule has 1 aromatic heterocycles. The van der Waals surface area contributed by atoms with E-state index in [2.05, 4.69) is 20.8 Å². The van der Waals surface area contributed by atoms with Gasteiger partial charge in [-0.25, -0.2) is 8.42 Å². The molecule has 4 rings (SSSR count). The Morgan fingerprint density at radius 1 is 1.17 bits per heavy atom. The van der Waals surface area contributed by atoms with E-state index in [0.29, 0.717) is 17.8 Å². The molecule has 150 valence electrons. The van der Waals surface area contributed by atoms with Gasteiger partial charge in [0.05, 0.1) is 22.1 Å². The average molecular weight is 410 g/mol. The van der Waals surface area contributed by atoms with E-state index in [9.17, 15) is 13.2 Å². The predicted octanol–water partition coefficient (Wildman–Crippen LogP) is 3.04. The number of sulfone groups is 1. The van der Waals surface area contributed by atoms with Crippen LogP contribution in [0.1, 0.15) is 40.6 Å². The maximum Gasteiger partial charge on any atom is 0.232 e. The number of amides is 1. The molecule has 2 atom stereocenters. The van der Waals surface area contributed by atoms with Crippen molar-refractivity contribution in [2.24, 2.45) is 0 Å². The number of hydrogen-bond donors (Lipinski definition) is 3. The number of aryl methyl sites for hydroxylation is 1. The van der Waals surface area contributed by atoms with E-state index in [1.54, 1.807) is 25.1 Å². The molecule has 2 aromatic carbocycles. The molecule has 2 unspecified atom stereocenters. The third-order valence-electron chi connectivity index (χ3n) is 5.17. The molecule has 1 amide bonds. The van der Waals surface area contributed by atoms with E-state index < -0.39 is 21.1 Å². The number of hydrogen-bond acceptors (Lipinski definition) is 5. The lowest BCUT2D eigenvalue weighted by molar-refractivity contribution is -0.117. The minimum atomic E-state index is -3.70. The zero-order valence-corrected chi connectivity index (χ0v) is 17.0. The summed E-state index contributed by atoms with van der Waals surface area (Å²) in [5.41, 5.74) is 2.87. The fourth-order valence-corrected chi connectivity index (χ4v) is 5.26. The lowest BCUT2D eigenvalue weighted by Crippen LogP contribution is -2.25. The molecule has 3 N–H and O–H groups in total. The van der Waals surface area contributed by atoms with E-state index in [-0.39, 0.29) is 16.6 Å². The molecule has 0 fully saturated rings. The van der Waals surface area contributed by atoms with Crippen molar-refractivity contribution < 1.29 is 13.2 Å². The molecule has 0 radical (unpaired) electrons. The van der Waals surface area contributed by atoms with E-state index in [1.807, 2.05) is 43.3 Å². The second-order valence-electron chi connectivity index (χ2n) is 7.21. The number of H-pyrrole nitrogens is 1. The van der Waals surface area contributed by atoms with Gasteiger partial charge in [0.25, 0.3) is 0 Å². The van der Waals surface area contributed by atoms with Crippen molar-refractivity contribution in [1.29, 1.82) is 0 Å². The van der Waals surface area contributed by atoms with Crippen LogP contribution >= 0.6 is 0 Å². The average Bonchev–Trinajstić information content (AvgIpc) is 3.31. The van der Waals surface area contributed by atoms with Gasteiger partial charge in [0.2, 0.25) is 5.91 Å². The Kier molecular flexibility index (Phi) is 4.97. The summed E-state index contributed by atoms with van der Waals surface area (Å²) in [5.74, 6) is -0.396. The molecule has 7 nitrogen and oxygen atoms in total. The lowest BCUT2D eigenvalue weighted by Gasteiger charge is -2.16. The first kappa shape index (κ1) is 19.4. The Hall–Kier alpha value is -2.97. The predicted molar refractivity (Wildman–Crippen MR) is 110 cm³/mol. The van der Waals surface area contributed by atoms with Crippen LogP contribution in [-0.4, -0.2) is 24.5 Å². The molecule has 8 heteroatoms. The van der Waals surface area contributed by atoms with E-state index >= 15 is 0 Å². The number of nitrogens with one attached hydrogen (secondary N) is 3. The first-order valence-electron chi connectivity index (χ1n) is 9.35. The number of nitrogens with zero attached hydrogens (tertiary/aromatic N) is 1. The number of carbonyl (C=O) groups is 1. The molecule has 0 saturated heterocycles. The lowest BCUT2D eigenvalue weighted by atomic mass is 10.0. The molecule has 0 aliphatic carbocycles. The van der Waals surface area contributed by atoms with Gasteiger partial charge in [-0.05, 0) is 37.1 Å². The standard InChI is InChI=1S/C21H22N4O3S/c1-13-7-6-10-16(11-13)29(27,28)21-18-17(12-22-21)24-25-19(18)23-20(26)14(2)15-8-4-3-5-9-15/h3-11,14,21-22H,12H2,1-2H3,(H2,23,24,25,26). The number of anilines is 1. The first-order valence-corrected chi connectivity index (χ1v) is 10.9. The molecule has 1 aliphatic heterocycles. The van der Waals surface area contributed by atoms with Crippen molar-refractivity contribution in [3.63, 3.8) is 0 Å². The number of rotatable bonds is 5. The number of aromatic amines is 1. The normalized spacial score (nSPS) is 17.0. The van der Waals surface area contributed by atoms with Gasteiger partial charge in [-0.2, -0.15) is 5.10 Å². The number of benzene rings is 2. The zero-order valence-electron chi connectivity index (χ0n) is 16.1. The molecular weight excluding hydrogens is 388 g/mol. The SMILES string of the molecule is Cc1cccc(S(=O)(=O)C2NCc3[nH]nc(NC(=O)C(C)c4ccccc4)c32)c1. The van der Waals surface area contributed by atoms with E-state index in [1.165, 1.54) is 0 Å². The van der Waals surface area contributed by atoms with Crippen molar-refractivity contribution in [1.82, 2.24) is 15.5 Å². The van der Waals surface area contributed by atoms with Crippen molar-refractivity contribution in [3.05, 3.63) is 77.0 Å². The summed E-state index contributed by atoms with van der Waals surface area (Å²) in [6.45, 7) is 3.99. The molecule has 0 saturated carbocycles. The number of fused-ring (bicyclic) bond motifs is 1. The number of aromatic nitrogens is 2. The van der Waals surface area contributed by atoms with Gasteiger partial charge >= 0.3 is 0 Å². The van der Waals surface area contributed by atoms with Crippen LogP contribution in [0.5, 0.6) is 0 Å². The first-order chi connectivity index (χ1) is 13.9. The molecule has 0 bridgehead atoms. The van der Waals surface area contributed by atoms with Gasteiger partial charge in [0.15, 0.2) is 15.7 Å². The summed E-state index contributed by atoms with van der Waals surface area (Å²) in [6.07, 6.45) is 0. The van der Waals surface area contributed by atoms with Crippen LogP contribution in [0.15, 0.2) is 59.5 Å². The van der Waals surface area contributed by atoms with Crippen molar-refractivity contribution in [2.75, 3.05) is 5.32 Å².